The Labute approximate surface area is 735 Å². The Morgan fingerprint density at radius 1 is 0.208 bits per heavy atom. The molecule has 5 aliphatic carbocycles. The monoisotopic (exact) mass is 1620 g/mol. The summed E-state index contributed by atoms with van der Waals surface area (Å²) >= 11 is 0. The fraction of sp³-hybridized carbons (Fsp3) is 0.565. The summed E-state index contributed by atoms with van der Waals surface area (Å²) in [5.74, 6) is 42.5. The van der Waals surface area contributed by atoms with Crippen molar-refractivity contribution in [1.82, 2.24) is 0 Å². The Bertz CT molecular complexity index is 4000. The van der Waals surface area contributed by atoms with Crippen molar-refractivity contribution in [2.75, 3.05) is 33.0 Å². The Morgan fingerprint density at radius 2 is 0.417 bits per heavy atom. The number of hydrogen-bond donors (Lipinski definition) is 0. The highest BCUT2D eigenvalue weighted by atomic mass is 16.5. The van der Waals surface area contributed by atoms with E-state index in [2.05, 4.69) is 219 Å². The Kier molecular flexibility index (Phi) is 55.4. The molecular formula is C115H160O5. The highest BCUT2D eigenvalue weighted by Crippen LogP contribution is 2.33. The van der Waals surface area contributed by atoms with Gasteiger partial charge in [-0.05, 0) is 307 Å². The summed E-state index contributed by atoms with van der Waals surface area (Å²) in [5, 5.41) is 0. The van der Waals surface area contributed by atoms with Crippen LogP contribution < -0.4 is 23.7 Å². The van der Waals surface area contributed by atoms with Crippen LogP contribution in [0.15, 0.2) is 180 Å². The van der Waals surface area contributed by atoms with Crippen molar-refractivity contribution < 1.29 is 23.7 Å². The van der Waals surface area contributed by atoms with Gasteiger partial charge in [-0.15, -0.1) is 0 Å². The minimum atomic E-state index is 0.810. The van der Waals surface area contributed by atoms with Crippen LogP contribution in [0.2, 0.25) is 0 Å². The molecule has 0 heterocycles. The van der Waals surface area contributed by atoms with E-state index in [1.165, 1.54) is 253 Å². The molecule has 5 aliphatic rings. The van der Waals surface area contributed by atoms with Crippen LogP contribution in [-0.2, 0) is 0 Å². The average molecular weight is 1620 g/mol. The molecule has 5 atom stereocenters. The number of allylic oxidation sites excluding steroid dienone is 10. The average Bonchev–Trinajstić information content (AvgIpc) is 0.902. The summed E-state index contributed by atoms with van der Waals surface area (Å²) in [5.41, 5.74) is 12.0. The highest BCUT2D eigenvalue weighted by Gasteiger charge is 2.18. The molecule has 0 aromatic heterocycles. The van der Waals surface area contributed by atoms with E-state index in [9.17, 15) is 0 Å². The van der Waals surface area contributed by atoms with Gasteiger partial charge in [0, 0.05) is 27.8 Å². The molecule has 5 heteroatoms. The van der Waals surface area contributed by atoms with Crippen LogP contribution in [0, 0.1) is 88.8 Å². The molecule has 650 valence electrons. The third-order valence-corrected chi connectivity index (χ3v) is 23.7. The zero-order valence-corrected chi connectivity index (χ0v) is 77.2. The van der Waals surface area contributed by atoms with Crippen molar-refractivity contribution in [2.45, 2.75) is 358 Å². The van der Waals surface area contributed by atoms with Crippen LogP contribution in [0.3, 0.4) is 0 Å². The van der Waals surface area contributed by atoms with Crippen LogP contribution in [0.25, 0.3) is 0 Å². The standard InChI is InChI=1S/C25H36O.C24H34O.C23H32O.C22H30O.C21H28O/c1-3-5-7-8-10-22-11-13-23(14-12-22)15-16-24-17-19-25(20-18-24)26-21-9-6-4-2;1-3-5-7-9-21-10-12-22(13-11-21)14-15-23-16-18-24(19-17-23)25-20-8-6-4-2;1-3-5-7-19-24-23-17-15-22(16-18-23)14-13-21-11-9-20(10-12-21)8-6-4-2;1-3-5-6-18-23-22-16-14-21(15-17-22)13-12-20-10-8-19(7-4-2)9-11-20;1-3-5-6-17-22-21-15-13-20(14-16-21)12-11-19-9-7-18(4-2)8-10-19/h13,17-20,22H,3-12,14,21H2,1-2H3;12,16-19,21H,3-11,13,20H2,1-2H3;11,15-18,20H,3-10,12,19H2,1-2H3;10,14-17,19H,3-9,11,18H2,1-2H3;9,13-16,18H,3-8,10,17H2,1-2H3. The molecule has 0 spiro atoms. The maximum Gasteiger partial charge on any atom is 0.119 e. The number of hydrogen-bond acceptors (Lipinski definition) is 5. The number of benzene rings is 5. The SMILES string of the molecule is CCCCCCC1CC=C(C#Cc2ccc(OCCCCC)cc2)CC1.CCCCCOc1ccc(C#CC2=CCC(CC)CC2)cc1.CCCCCOc1ccc(C#CC2=CCC(CCC)CC2)cc1.CCCCCOc1ccc(C#CC2=CCC(CCCC)CC2)cc1.CCCCCOc1ccc(C#CC2=CCC(CCCCC)CC2)cc1. The molecule has 5 aromatic carbocycles. The Balaban J connectivity index is 0.000000233. The fourth-order valence-electron chi connectivity index (χ4n) is 15.5. The van der Waals surface area contributed by atoms with Crippen molar-refractivity contribution in [3.63, 3.8) is 0 Å². The largest absolute Gasteiger partial charge is 0.494 e. The van der Waals surface area contributed by atoms with Crippen LogP contribution in [0.1, 0.15) is 386 Å². The molecule has 0 saturated heterocycles. The van der Waals surface area contributed by atoms with Gasteiger partial charge in [-0.1, -0.05) is 319 Å². The first-order chi connectivity index (χ1) is 59.1. The predicted octanol–water partition coefficient (Wildman–Crippen LogP) is 32.6. The van der Waals surface area contributed by atoms with Gasteiger partial charge >= 0.3 is 0 Å². The lowest BCUT2D eigenvalue weighted by molar-refractivity contribution is 0.306. The predicted molar refractivity (Wildman–Crippen MR) is 516 cm³/mol. The maximum atomic E-state index is 5.76. The van der Waals surface area contributed by atoms with E-state index in [-0.39, 0.29) is 0 Å². The molecule has 0 radical (unpaired) electrons. The third-order valence-electron chi connectivity index (χ3n) is 23.7. The number of rotatable bonds is 40. The molecule has 0 bridgehead atoms. The van der Waals surface area contributed by atoms with Gasteiger partial charge in [-0.3, -0.25) is 0 Å². The van der Waals surface area contributed by atoms with Gasteiger partial charge in [0.2, 0.25) is 0 Å². The normalized spacial score (nSPS) is 16.9. The summed E-state index contributed by atoms with van der Waals surface area (Å²) in [6.45, 7) is 26.5. The summed E-state index contributed by atoms with van der Waals surface area (Å²) < 4.78 is 28.7. The van der Waals surface area contributed by atoms with Crippen molar-refractivity contribution in [1.29, 1.82) is 0 Å². The second kappa shape index (κ2) is 66.3. The summed E-state index contributed by atoms with van der Waals surface area (Å²) in [6.07, 6.45) is 68.6. The highest BCUT2D eigenvalue weighted by molar-refractivity contribution is 5.48. The molecule has 0 aliphatic heterocycles. The fourth-order valence-corrected chi connectivity index (χ4v) is 15.5. The topological polar surface area (TPSA) is 46.2 Å². The van der Waals surface area contributed by atoms with Crippen molar-refractivity contribution >= 4 is 0 Å². The molecule has 0 saturated carbocycles. The number of unbranched alkanes of at least 4 members (excludes halogenated alkanes) is 16. The molecule has 10 rings (SSSR count). The van der Waals surface area contributed by atoms with Crippen molar-refractivity contribution in [2.24, 2.45) is 29.6 Å². The molecule has 0 amide bonds. The minimum Gasteiger partial charge on any atom is -0.494 e. The van der Waals surface area contributed by atoms with Gasteiger partial charge in [0.05, 0.1) is 33.0 Å². The minimum absolute atomic E-state index is 0.810. The van der Waals surface area contributed by atoms with Gasteiger partial charge in [-0.2, -0.15) is 0 Å². The van der Waals surface area contributed by atoms with E-state index in [1.807, 2.05) is 60.7 Å². The van der Waals surface area contributed by atoms with Crippen LogP contribution in [0.4, 0.5) is 0 Å². The van der Waals surface area contributed by atoms with Crippen molar-refractivity contribution in [3.05, 3.63) is 207 Å². The second-order valence-electron chi connectivity index (χ2n) is 34.2. The molecule has 0 fully saturated rings. The van der Waals surface area contributed by atoms with E-state index in [0.29, 0.717) is 0 Å². The van der Waals surface area contributed by atoms with Crippen LogP contribution in [0.5, 0.6) is 28.7 Å². The molecule has 120 heavy (non-hydrogen) atoms. The van der Waals surface area contributed by atoms with Gasteiger partial charge < -0.3 is 23.7 Å². The lowest BCUT2D eigenvalue weighted by Crippen LogP contribution is -2.05. The van der Waals surface area contributed by atoms with Gasteiger partial charge in [0.25, 0.3) is 0 Å². The molecule has 5 aromatic rings. The lowest BCUT2D eigenvalue weighted by atomic mass is 9.86. The zero-order valence-electron chi connectivity index (χ0n) is 77.2. The van der Waals surface area contributed by atoms with Crippen molar-refractivity contribution in [3.8, 4) is 88.0 Å². The van der Waals surface area contributed by atoms with Gasteiger partial charge in [-0.25, -0.2) is 0 Å². The van der Waals surface area contributed by atoms with Crippen LogP contribution >= 0.6 is 0 Å². The molecular weight excluding hydrogens is 1460 g/mol. The summed E-state index contributed by atoms with van der Waals surface area (Å²) in [7, 11) is 0. The molecule has 5 unspecified atom stereocenters. The Morgan fingerprint density at radius 3 is 0.633 bits per heavy atom. The zero-order chi connectivity index (χ0) is 85.2. The maximum absolute atomic E-state index is 5.76. The molecule has 0 N–H and O–H groups in total. The van der Waals surface area contributed by atoms with E-state index in [1.54, 1.807) is 0 Å². The summed E-state index contributed by atoms with van der Waals surface area (Å²) in [6, 6.07) is 41.0. The van der Waals surface area contributed by atoms with Gasteiger partial charge in [0.1, 0.15) is 28.7 Å². The summed E-state index contributed by atoms with van der Waals surface area (Å²) in [4.78, 5) is 0. The lowest BCUT2D eigenvalue weighted by Gasteiger charge is -2.19. The number of ether oxygens (including phenoxy) is 5. The Hall–Kier alpha value is -8.40. The first-order valence-electron chi connectivity index (χ1n) is 48.8. The van der Waals surface area contributed by atoms with E-state index >= 15 is 0 Å². The van der Waals surface area contributed by atoms with E-state index < -0.39 is 0 Å². The third kappa shape index (κ3) is 46.6. The van der Waals surface area contributed by atoms with E-state index in [0.717, 1.165) is 183 Å². The quantitative estimate of drug-likeness (QED) is 0.0289. The van der Waals surface area contributed by atoms with E-state index in [4.69, 9.17) is 23.7 Å². The van der Waals surface area contributed by atoms with Crippen LogP contribution in [-0.4, -0.2) is 33.0 Å². The first-order valence-corrected chi connectivity index (χ1v) is 48.8. The second-order valence-corrected chi connectivity index (χ2v) is 34.2. The van der Waals surface area contributed by atoms with Gasteiger partial charge in [0.15, 0.2) is 0 Å². The molecule has 5 nitrogen and oxygen atoms in total. The smallest absolute Gasteiger partial charge is 0.119 e. The first kappa shape index (κ1) is 100.